The number of carbonyl (C=O) groups excluding carboxylic acids is 1. The van der Waals surface area contributed by atoms with Crippen LogP contribution in [-0.2, 0) is 14.3 Å². The van der Waals surface area contributed by atoms with Crippen LogP contribution in [0.25, 0.3) is 0 Å². The third kappa shape index (κ3) is 5.44. The van der Waals surface area contributed by atoms with E-state index in [1.54, 1.807) is 6.92 Å². The van der Waals surface area contributed by atoms with Crippen LogP contribution >= 0.6 is 23.2 Å². The van der Waals surface area contributed by atoms with Crippen molar-refractivity contribution in [2.75, 3.05) is 6.61 Å². The standard InChI is InChI=1S/C14H20Cl2O4/c1-4-19-12(17)8-11(20-14(2,3)18)13-9(15)6-5-7-10(13)16/h6,11,18H,4-5,7-8H2,1-3H3/t11-/m1/s1. The van der Waals surface area contributed by atoms with Crippen LogP contribution in [-0.4, -0.2) is 29.6 Å². The SMILES string of the molecule is CCOC(=O)C[C@@H](OC(C)(C)O)C1=C(Cl)CCC=C1Cl. The van der Waals surface area contributed by atoms with Crippen molar-refractivity contribution in [3.05, 3.63) is 21.7 Å². The van der Waals surface area contributed by atoms with Crippen LogP contribution in [0.4, 0.5) is 0 Å². The zero-order valence-corrected chi connectivity index (χ0v) is 13.4. The smallest absolute Gasteiger partial charge is 0.308 e. The van der Waals surface area contributed by atoms with Crippen LogP contribution < -0.4 is 0 Å². The van der Waals surface area contributed by atoms with Crippen molar-refractivity contribution in [1.82, 2.24) is 0 Å². The predicted molar refractivity (Wildman–Crippen MR) is 78.5 cm³/mol. The van der Waals surface area contributed by atoms with Gasteiger partial charge in [-0.1, -0.05) is 29.3 Å². The normalized spacial score (nSPS) is 17.8. The summed E-state index contributed by atoms with van der Waals surface area (Å²) in [6.45, 7) is 4.98. The molecule has 6 heteroatoms. The minimum Gasteiger partial charge on any atom is -0.466 e. The molecule has 0 amide bonds. The van der Waals surface area contributed by atoms with Gasteiger partial charge in [0.2, 0.25) is 0 Å². The summed E-state index contributed by atoms with van der Waals surface area (Å²) in [6.07, 6.45) is 2.44. The van der Waals surface area contributed by atoms with Gasteiger partial charge < -0.3 is 14.6 Å². The minimum atomic E-state index is -1.41. The average molecular weight is 323 g/mol. The van der Waals surface area contributed by atoms with Crippen molar-refractivity contribution in [3.63, 3.8) is 0 Å². The molecule has 1 aliphatic rings. The molecule has 0 saturated carbocycles. The Balaban J connectivity index is 2.98. The number of hydrogen-bond donors (Lipinski definition) is 1. The van der Waals surface area contributed by atoms with Crippen molar-refractivity contribution >= 4 is 29.2 Å². The van der Waals surface area contributed by atoms with E-state index in [2.05, 4.69) is 0 Å². The van der Waals surface area contributed by atoms with Crippen molar-refractivity contribution in [2.45, 2.75) is 51.9 Å². The van der Waals surface area contributed by atoms with Crippen LogP contribution in [0.2, 0.25) is 0 Å². The number of carbonyl (C=O) groups is 1. The monoisotopic (exact) mass is 322 g/mol. The first kappa shape index (κ1) is 17.5. The van der Waals surface area contributed by atoms with E-state index in [0.717, 1.165) is 6.42 Å². The largest absolute Gasteiger partial charge is 0.466 e. The highest BCUT2D eigenvalue weighted by Crippen LogP contribution is 2.36. The molecule has 1 N–H and O–H groups in total. The quantitative estimate of drug-likeness (QED) is 0.601. The molecule has 0 aromatic rings. The fourth-order valence-corrected chi connectivity index (χ4v) is 2.68. The number of rotatable bonds is 6. The first-order valence-corrected chi connectivity index (χ1v) is 7.30. The fraction of sp³-hybridized carbons (Fsp3) is 0.643. The Morgan fingerprint density at radius 1 is 1.50 bits per heavy atom. The Labute approximate surface area is 129 Å². The van der Waals surface area contributed by atoms with E-state index in [-0.39, 0.29) is 13.0 Å². The van der Waals surface area contributed by atoms with Gasteiger partial charge in [0.1, 0.15) is 0 Å². The zero-order valence-electron chi connectivity index (χ0n) is 11.9. The lowest BCUT2D eigenvalue weighted by molar-refractivity contribution is -0.200. The van der Waals surface area contributed by atoms with E-state index in [0.29, 0.717) is 22.1 Å². The van der Waals surface area contributed by atoms with E-state index in [4.69, 9.17) is 32.7 Å². The van der Waals surface area contributed by atoms with Crippen molar-refractivity contribution in [1.29, 1.82) is 0 Å². The lowest BCUT2D eigenvalue weighted by Gasteiger charge is -2.29. The van der Waals surface area contributed by atoms with Gasteiger partial charge in [0.15, 0.2) is 5.79 Å². The summed E-state index contributed by atoms with van der Waals surface area (Å²) < 4.78 is 10.4. The molecule has 0 fully saturated rings. The summed E-state index contributed by atoms with van der Waals surface area (Å²) in [4.78, 5) is 11.7. The summed E-state index contributed by atoms with van der Waals surface area (Å²) in [7, 11) is 0. The Morgan fingerprint density at radius 2 is 2.15 bits per heavy atom. The Hall–Kier alpha value is -0.550. The molecular formula is C14H20Cl2O4. The van der Waals surface area contributed by atoms with Crippen LogP contribution in [0.15, 0.2) is 21.7 Å². The lowest BCUT2D eigenvalue weighted by Crippen LogP contribution is -2.34. The Morgan fingerprint density at radius 3 is 2.65 bits per heavy atom. The van der Waals surface area contributed by atoms with E-state index < -0.39 is 17.9 Å². The summed E-state index contributed by atoms with van der Waals surface area (Å²) >= 11 is 12.4. The van der Waals surface area contributed by atoms with Crippen molar-refractivity contribution < 1.29 is 19.4 Å². The zero-order chi connectivity index (χ0) is 15.3. The first-order valence-electron chi connectivity index (χ1n) is 6.55. The highest BCUT2D eigenvalue weighted by Gasteiger charge is 2.30. The molecule has 0 spiro atoms. The number of aliphatic hydroxyl groups is 1. The maximum absolute atomic E-state index is 11.7. The molecule has 0 unspecified atom stereocenters. The van der Waals surface area contributed by atoms with Gasteiger partial charge in [0.25, 0.3) is 0 Å². The maximum Gasteiger partial charge on any atom is 0.308 e. The Bertz CT molecular complexity index is 421. The molecule has 4 nitrogen and oxygen atoms in total. The first-order chi connectivity index (χ1) is 9.24. The predicted octanol–water partition coefficient (Wildman–Crippen LogP) is 3.46. The highest BCUT2D eigenvalue weighted by molar-refractivity contribution is 6.36. The van der Waals surface area contributed by atoms with Crippen LogP contribution in [0.3, 0.4) is 0 Å². The third-order valence-electron chi connectivity index (χ3n) is 2.65. The van der Waals surface area contributed by atoms with Gasteiger partial charge in [0.05, 0.1) is 19.1 Å². The van der Waals surface area contributed by atoms with Gasteiger partial charge in [-0.05, 0) is 33.6 Å². The summed E-state index contributed by atoms with van der Waals surface area (Å²) in [6, 6.07) is 0. The number of ether oxygens (including phenoxy) is 2. The summed E-state index contributed by atoms with van der Waals surface area (Å²) in [5.74, 6) is -1.83. The highest BCUT2D eigenvalue weighted by atomic mass is 35.5. The molecule has 0 saturated heterocycles. The molecule has 0 bridgehead atoms. The van der Waals surface area contributed by atoms with Gasteiger partial charge in [-0.15, -0.1) is 0 Å². The van der Waals surface area contributed by atoms with E-state index in [9.17, 15) is 9.90 Å². The molecule has 20 heavy (non-hydrogen) atoms. The average Bonchev–Trinajstić information content (AvgIpc) is 2.26. The van der Waals surface area contributed by atoms with Crippen molar-refractivity contribution in [2.24, 2.45) is 0 Å². The molecule has 0 radical (unpaired) electrons. The topological polar surface area (TPSA) is 55.8 Å². The summed E-state index contributed by atoms with van der Waals surface area (Å²) in [5.41, 5.74) is 0.551. The lowest BCUT2D eigenvalue weighted by atomic mass is 9.99. The maximum atomic E-state index is 11.7. The molecule has 0 aromatic carbocycles. The van der Waals surface area contributed by atoms with E-state index in [1.165, 1.54) is 13.8 Å². The van der Waals surface area contributed by atoms with Crippen LogP contribution in [0.1, 0.15) is 40.0 Å². The molecule has 0 aliphatic heterocycles. The van der Waals surface area contributed by atoms with Crippen LogP contribution in [0, 0.1) is 0 Å². The van der Waals surface area contributed by atoms with E-state index >= 15 is 0 Å². The van der Waals surface area contributed by atoms with Gasteiger partial charge in [-0.3, -0.25) is 4.79 Å². The molecule has 114 valence electrons. The van der Waals surface area contributed by atoms with Crippen LogP contribution in [0.5, 0.6) is 0 Å². The molecular weight excluding hydrogens is 303 g/mol. The van der Waals surface area contributed by atoms with Gasteiger partial charge >= 0.3 is 5.97 Å². The second-order valence-electron chi connectivity index (χ2n) is 4.97. The second-order valence-corrected chi connectivity index (χ2v) is 5.84. The van der Waals surface area contributed by atoms with Crippen molar-refractivity contribution in [3.8, 4) is 0 Å². The number of esters is 1. The molecule has 0 heterocycles. The molecule has 1 rings (SSSR count). The fourth-order valence-electron chi connectivity index (χ4n) is 1.95. The third-order valence-corrected chi connectivity index (χ3v) is 3.40. The molecule has 0 aromatic heterocycles. The van der Waals surface area contributed by atoms with Gasteiger partial charge in [-0.25, -0.2) is 0 Å². The number of halogens is 2. The number of allylic oxidation sites excluding steroid dienone is 2. The molecule has 1 atom stereocenters. The second kappa shape index (κ2) is 7.46. The number of hydrogen-bond acceptors (Lipinski definition) is 4. The van der Waals surface area contributed by atoms with Gasteiger partial charge in [0, 0.05) is 15.6 Å². The summed E-state index contributed by atoms with van der Waals surface area (Å²) in [5, 5.41) is 10.8. The Kier molecular flexibility index (Phi) is 6.52. The molecule has 1 aliphatic carbocycles. The van der Waals surface area contributed by atoms with E-state index in [1.807, 2.05) is 6.08 Å². The van der Waals surface area contributed by atoms with Gasteiger partial charge in [-0.2, -0.15) is 0 Å². The minimum absolute atomic E-state index is 0.0482.